The second kappa shape index (κ2) is 5.08. The number of pyridine rings is 2. The Morgan fingerprint density at radius 1 is 0.857 bits per heavy atom. The number of aryl methyl sites for hydroxylation is 1. The van der Waals surface area contributed by atoms with Gasteiger partial charge in [-0.1, -0.05) is 43.0 Å². The Labute approximate surface area is 126 Å². The topological polar surface area (TPSA) is 25.8 Å². The molecule has 106 valence electrons. The van der Waals surface area contributed by atoms with Crippen LogP contribution < -0.4 is 5.19 Å². The first-order chi connectivity index (χ1) is 9.93. The van der Waals surface area contributed by atoms with Gasteiger partial charge in [-0.25, -0.2) is 4.98 Å². The molecule has 3 heteroatoms. The van der Waals surface area contributed by atoms with Crippen LogP contribution in [-0.4, -0.2) is 18.0 Å². The van der Waals surface area contributed by atoms with Crippen LogP contribution in [0.3, 0.4) is 0 Å². The second-order valence-corrected chi connectivity index (χ2v) is 11.6. The summed E-state index contributed by atoms with van der Waals surface area (Å²) in [7, 11) is -1.28. The first kappa shape index (κ1) is 14.0. The largest absolute Gasteiger partial charge is 0.255 e. The lowest BCUT2D eigenvalue weighted by Crippen LogP contribution is -2.37. The van der Waals surface area contributed by atoms with E-state index in [2.05, 4.69) is 67.9 Å². The van der Waals surface area contributed by atoms with Crippen molar-refractivity contribution in [3.8, 4) is 11.4 Å². The van der Waals surface area contributed by atoms with Crippen molar-refractivity contribution in [3.05, 3.63) is 54.2 Å². The number of rotatable bonds is 2. The Balaban J connectivity index is 2.09. The van der Waals surface area contributed by atoms with Gasteiger partial charge < -0.3 is 0 Å². The van der Waals surface area contributed by atoms with Gasteiger partial charge in [-0.3, -0.25) is 4.98 Å². The fraction of sp³-hybridized carbons (Fsp3) is 0.222. The van der Waals surface area contributed by atoms with Gasteiger partial charge in [0.05, 0.1) is 25.0 Å². The highest BCUT2D eigenvalue weighted by Crippen LogP contribution is 2.20. The molecular formula is C18H20N2Si. The number of aromatic nitrogens is 2. The Bertz CT molecular complexity index is 804. The van der Waals surface area contributed by atoms with Crippen LogP contribution in [0.5, 0.6) is 0 Å². The Kier molecular flexibility index (Phi) is 3.37. The normalized spacial score (nSPS) is 11.8. The molecule has 21 heavy (non-hydrogen) atoms. The highest BCUT2D eigenvalue weighted by Gasteiger charge is 2.16. The van der Waals surface area contributed by atoms with Crippen molar-refractivity contribution in [1.29, 1.82) is 0 Å². The number of fused-ring (bicyclic) bond motifs is 1. The third-order valence-electron chi connectivity index (χ3n) is 3.73. The minimum Gasteiger partial charge on any atom is -0.255 e. The molecule has 0 aliphatic carbocycles. The lowest BCUT2D eigenvalue weighted by molar-refractivity contribution is 1.25. The maximum absolute atomic E-state index is 4.76. The summed E-state index contributed by atoms with van der Waals surface area (Å²) in [6.45, 7) is 9.18. The summed E-state index contributed by atoms with van der Waals surface area (Å²) in [5.74, 6) is 0. The maximum atomic E-state index is 4.76. The molecule has 0 N–H and O–H groups in total. The summed E-state index contributed by atoms with van der Waals surface area (Å²) in [6, 6.07) is 15.0. The van der Waals surface area contributed by atoms with E-state index >= 15 is 0 Å². The summed E-state index contributed by atoms with van der Waals surface area (Å²) in [4.78, 5) is 9.18. The molecule has 0 aliphatic heterocycles. The van der Waals surface area contributed by atoms with Gasteiger partial charge in [0, 0.05) is 11.6 Å². The third-order valence-corrected chi connectivity index (χ3v) is 5.78. The van der Waals surface area contributed by atoms with E-state index in [9.17, 15) is 0 Å². The van der Waals surface area contributed by atoms with Crippen molar-refractivity contribution in [2.24, 2.45) is 0 Å². The highest BCUT2D eigenvalue weighted by molar-refractivity contribution is 6.88. The van der Waals surface area contributed by atoms with Crippen molar-refractivity contribution < 1.29 is 0 Å². The SMILES string of the molecule is Cc1ccnc(-c2ccc3cc([Si](C)(C)C)ccc3n2)c1. The van der Waals surface area contributed by atoms with Crippen LogP contribution in [0.15, 0.2) is 48.7 Å². The average molecular weight is 292 g/mol. The van der Waals surface area contributed by atoms with Gasteiger partial charge in [0.1, 0.15) is 0 Å². The summed E-state index contributed by atoms with van der Waals surface area (Å²) >= 11 is 0. The van der Waals surface area contributed by atoms with E-state index in [1.54, 1.807) is 0 Å². The Morgan fingerprint density at radius 3 is 2.38 bits per heavy atom. The van der Waals surface area contributed by atoms with Crippen molar-refractivity contribution in [3.63, 3.8) is 0 Å². The quantitative estimate of drug-likeness (QED) is 0.663. The van der Waals surface area contributed by atoms with Crippen LogP contribution in [-0.2, 0) is 0 Å². The van der Waals surface area contributed by atoms with E-state index in [4.69, 9.17) is 4.98 Å². The molecule has 2 heterocycles. The molecule has 2 aromatic heterocycles. The zero-order valence-electron chi connectivity index (χ0n) is 13.0. The van der Waals surface area contributed by atoms with E-state index in [1.165, 1.54) is 16.1 Å². The summed E-state index contributed by atoms with van der Waals surface area (Å²) in [6.07, 6.45) is 1.84. The molecule has 0 amide bonds. The fourth-order valence-electron chi connectivity index (χ4n) is 2.41. The lowest BCUT2D eigenvalue weighted by atomic mass is 10.1. The Morgan fingerprint density at radius 2 is 1.67 bits per heavy atom. The molecule has 1 aromatic carbocycles. The van der Waals surface area contributed by atoms with Crippen LogP contribution in [0.1, 0.15) is 5.56 Å². The van der Waals surface area contributed by atoms with Crippen LogP contribution >= 0.6 is 0 Å². The molecule has 3 rings (SSSR count). The van der Waals surface area contributed by atoms with Gasteiger partial charge in [-0.05, 0) is 36.8 Å². The first-order valence-electron chi connectivity index (χ1n) is 7.28. The molecule has 0 radical (unpaired) electrons. The van der Waals surface area contributed by atoms with Crippen molar-refractivity contribution in [2.45, 2.75) is 26.6 Å². The lowest BCUT2D eigenvalue weighted by Gasteiger charge is -2.17. The molecule has 0 atom stereocenters. The molecular weight excluding hydrogens is 272 g/mol. The van der Waals surface area contributed by atoms with E-state index in [0.717, 1.165) is 16.9 Å². The van der Waals surface area contributed by atoms with E-state index < -0.39 is 8.07 Å². The average Bonchev–Trinajstić information content (AvgIpc) is 2.45. The molecule has 0 saturated carbocycles. The number of nitrogens with zero attached hydrogens (tertiary/aromatic N) is 2. The van der Waals surface area contributed by atoms with Crippen LogP contribution in [0.2, 0.25) is 19.6 Å². The van der Waals surface area contributed by atoms with Gasteiger partial charge in [-0.15, -0.1) is 0 Å². The zero-order valence-corrected chi connectivity index (χ0v) is 14.0. The third kappa shape index (κ3) is 2.88. The minimum atomic E-state index is -1.28. The maximum Gasteiger partial charge on any atom is 0.0893 e. The number of benzene rings is 1. The molecule has 0 saturated heterocycles. The van der Waals surface area contributed by atoms with Crippen molar-refractivity contribution >= 4 is 24.2 Å². The van der Waals surface area contributed by atoms with E-state index in [1.807, 2.05) is 12.3 Å². The smallest absolute Gasteiger partial charge is 0.0893 e. The number of hydrogen-bond acceptors (Lipinski definition) is 2. The van der Waals surface area contributed by atoms with Crippen LogP contribution in [0.4, 0.5) is 0 Å². The van der Waals surface area contributed by atoms with Gasteiger partial charge in [0.2, 0.25) is 0 Å². The van der Waals surface area contributed by atoms with E-state index in [-0.39, 0.29) is 0 Å². The standard InChI is InChI=1S/C18H20N2Si/c1-13-9-10-19-18(11-13)17-7-5-14-12-15(21(2,3)4)6-8-16(14)20-17/h5-12H,1-4H3. The van der Waals surface area contributed by atoms with Gasteiger partial charge in [0.15, 0.2) is 0 Å². The highest BCUT2D eigenvalue weighted by atomic mass is 28.3. The first-order valence-corrected chi connectivity index (χ1v) is 10.8. The molecule has 0 bridgehead atoms. The molecule has 0 spiro atoms. The minimum absolute atomic E-state index is 0.936. The van der Waals surface area contributed by atoms with Gasteiger partial charge in [0.25, 0.3) is 0 Å². The van der Waals surface area contributed by atoms with Crippen molar-refractivity contribution in [1.82, 2.24) is 9.97 Å². The summed E-state index contributed by atoms with van der Waals surface area (Å²) in [5, 5.41) is 2.68. The number of hydrogen-bond donors (Lipinski definition) is 0. The Hall–Kier alpha value is -2.00. The zero-order chi connectivity index (χ0) is 15.0. The predicted molar refractivity (Wildman–Crippen MR) is 92.7 cm³/mol. The second-order valence-electron chi connectivity index (χ2n) is 6.57. The van der Waals surface area contributed by atoms with E-state index in [0.29, 0.717) is 0 Å². The molecule has 0 fully saturated rings. The molecule has 0 aliphatic rings. The molecule has 2 nitrogen and oxygen atoms in total. The fourth-order valence-corrected chi connectivity index (χ4v) is 3.58. The predicted octanol–water partition coefficient (Wildman–Crippen LogP) is 4.15. The monoisotopic (exact) mass is 292 g/mol. The van der Waals surface area contributed by atoms with Gasteiger partial charge >= 0.3 is 0 Å². The molecule has 3 aromatic rings. The summed E-state index contributed by atoms with van der Waals surface area (Å²) in [5.41, 5.74) is 4.12. The van der Waals surface area contributed by atoms with Crippen LogP contribution in [0.25, 0.3) is 22.3 Å². The molecule has 0 unspecified atom stereocenters. The summed E-state index contributed by atoms with van der Waals surface area (Å²) < 4.78 is 0. The van der Waals surface area contributed by atoms with Crippen LogP contribution in [0, 0.1) is 6.92 Å². The van der Waals surface area contributed by atoms with Crippen molar-refractivity contribution in [2.75, 3.05) is 0 Å². The van der Waals surface area contributed by atoms with Gasteiger partial charge in [-0.2, -0.15) is 0 Å².